The number of benzene rings is 1. The number of aromatic nitrogens is 3. The van der Waals surface area contributed by atoms with E-state index in [0.29, 0.717) is 29.3 Å². The van der Waals surface area contributed by atoms with E-state index in [1.165, 1.54) is 0 Å². The Morgan fingerprint density at radius 1 is 1.16 bits per heavy atom. The summed E-state index contributed by atoms with van der Waals surface area (Å²) in [6.07, 6.45) is 1.56. The average molecular weight is 588 g/mol. The van der Waals surface area contributed by atoms with Crippen LogP contribution in [0.5, 0.6) is 0 Å². The highest BCUT2D eigenvalue weighted by Crippen LogP contribution is 2.65. The van der Waals surface area contributed by atoms with E-state index in [2.05, 4.69) is 39.4 Å². The molecule has 1 saturated heterocycles. The molecule has 1 aromatic carbocycles. The highest BCUT2D eigenvalue weighted by molar-refractivity contribution is 5.95. The number of aromatic amines is 1. The maximum Gasteiger partial charge on any atom is 0.251 e. The molecule has 1 aliphatic carbocycles. The zero-order valence-electron chi connectivity index (χ0n) is 25.8. The summed E-state index contributed by atoms with van der Waals surface area (Å²) in [6, 6.07) is 6.51. The molecule has 0 spiro atoms. The minimum atomic E-state index is -1.13. The van der Waals surface area contributed by atoms with Crippen molar-refractivity contribution in [2.24, 2.45) is 28.4 Å². The lowest BCUT2D eigenvalue weighted by Gasteiger charge is -2.38. The molecule has 5 N–H and O–H groups in total. The van der Waals surface area contributed by atoms with E-state index in [9.17, 15) is 19.2 Å². The van der Waals surface area contributed by atoms with Gasteiger partial charge in [0, 0.05) is 30.2 Å². The Morgan fingerprint density at radius 3 is 2.53 bits per heavy atom. The monoisotopic (exact) mass is 587 g/mol. The zero-order valence-corrected chi connectivity index (χ0v) is 25.8. The summed E-state index contributed by atoms with van der Waals surface area (Å²) >= 11 is 0. The van der Waals surface area contributed by atoms with Crippen molar-refractivity contribution < 1.29 is 14.4 Å². The summed E-state index contributed by atoms with van der Waals surface area (Å²) in [7, 11) is 0. The van der Waals surface area contributed by atoms with Crippen molar-refractivity contribution in [1.82, 2.24) is 25.2 Å². The minimum absolute atomic E-state index is 0.0704. The van der Waals surface area contributed by atoms with Crippen LogP contribution in [0.2, 0.25) is 0 Å². The Morgan fingerprint density at radius 2 is 1.88 bits per heavy atom. The molecule has 5 rings (SSSR count). The molecule has 43 heavy (non-hydrogen) atoms. The predicted molar refractivity (Wildman–Crippen MR) is 164 cm³/mol. The molecular formula is C32H41N7O4. The fourth-order valence-corrected chi connectivity index (χ4v) is 6.53. The van der Waals surface area contributed by atoms with E-state index in [1.807, 2.05) is 45.9 Å². The van der Waals surface area contributed by atoms with Crippen molar-refractivity contribution in [3.63, 3.8) is 0 Å². The van der Waals surface area contributed by atoms with Crippen molar-refractivity contribution in [2.75, 3.05) is 11.9 Å². The zero-order chi connectivity index (χ0) is 31.4. The van der Waals surface area contributed by atoms with Crippen LogP contribution in [0.1, 0.15) is 51.6 Å². The number of nitrogens with two attached hydrogens (primary N) is 1. The average Bonchev–Trinajstić information content (AvgIpc) is 3.23. The van der Waals surface area contributed by atoms with Gasteiger partial charge in [-0.25, -0.2) is 9.97 Å². The number of amides is 3. The molecule has 11 nitrogen and oxygen atoms in total. The molecule has 1 aliphatic heterocycles. The molecule has 1 saturated carbocycles. The SMILES string of the molecule is Cc1ccc2[nH]c(=O)c(C[C@H](NC(=O)[C@@H]3[C@@H]4[C@H](CN3C(=O)[C@@H](Nc3ccnc(C)n3)C(C)(C)C)C4(C)C)C(N)=O)cc2c1. The third-order valence-electron chi connectivity index (χ3n) is 9.10. The van der Waals surface area contributed by atoms with Gasteiger partial charge in [0.05, 0.1) is 0 Å². The third-order valence-corrected chi connectivity index (χ3v) is 9.10. The number of H-pyrrole nitrogens is 1. The molecule has 0 unspecified atom stereocenters. The first kappa shape index (κ1) is 30.2. The summed E-state index contributed by atoms with van der Waals surface area (Å²) in [5.74, 6) is -0.252. The molecule has 2 aliphatic rings. The van der Waals surface area contributed by atoms with Crippen LogP contribution in [0.4, 0.5) is 5.82 Å². The number of likely N-dealkylation sites (tertiary alicyclic amines) is 1. The summed E-state index contributed by atoms with van der Waals surface area (Å²) < 4.78 is 0. The number of rotatable bonds is 8. The van der Waals surface area contributed by atoms with Gasteiger partial charge in [-0.2, -0.15) is 0 Å². The van der Waals surface area contributed by atoms with Crippen molar-refractivity contribution in [2.45, 2.75) is 73.0 Å². The molecule has 0 radical (unpaired) electrons. The van der Waals surface area contributed by atoms with E-state index in [-0.39, 0.29) is 35.1 Å². The Kier molecular flexibility index (Phi) is 7.56. The first-order valence-electron chi connectivity index (χ1n) is 14.7. The lowest BCUT2D eigenvalue weighted by molar-refractivity contribution is -0.143. The quantitative estimate of drug-likeness (QED) is 0.315. The molecule has 3 aromatic rings. The summed E-state index contributed by atoms with van der Waals surface area (Å²) in [5.41, 5.74) is 6.79. The lowest BCUT2D eigenvalue weighted by Crippen LogP contribution is -2.58. The number of aryl methyl sites for hydroxylation is 2. The van der Waals surface area contributed by atoms with Crippen molar-refractivity contribution >= 4 is 34.4 Å². The van der Waals surface area contributed by atoms with Gasteiger partial charge in [0.1, 0.15) is 29.8 Å². The number of piperidine rings is 1. The molecular weight excluding hydrogens is 546 g/mol. The molecule has 3 amide bonds. The van der Waals surface area contributed by atoms with Crippen LogP contribution in [-0.2, 0) is 20.8 Å². The van der Waals surface area contributed by atoms with Crippen molar-refractivity contribution in [3.05, 3.63) is 63.8 Å². The fourth-order valence-electron chi connectivity index (χ4n) is 6.53. The van der Waals surface area contributed by atoms with E-state index in [1.54, 1.807) is 30.2 Å². The van der Waals surface area contributed by atoms with Gasteiger partial charge < -0.3 is 26.3 Å². The van der Waals surface area contributed by atoms with Gasteiger partial charge in [-0.05, 0) is 66.2 Å². The van der Waals surface area contributed by atoms with Crippen LogP contribution >= 0.6 is 0 Å². The summed E-state index contributed by atoms with van der Waals surface area (Å²) in [5, 5.41) is 6.90. The van der Waals surface area contributed by atoms with E-state index in [4.69, 9.17) is 5.73 Å². The van der Waals surface area contributed by atoms with Gasteiger partial charge in [-0.1, -0.05) is 46.2 Å². The number of fused-ring (bicyclic) bond motifs is 2. The van der Waals surface area contributed by atoms with Crippen molar-refractivity contribution in [1.29, 1.82) is 0 Å². The molecule has 0 bridgehead atoms. The number of carbonyl (C=O) groups is 3. The van der Waals surface area contributed by atoms with Gasteiger partial charge in [-0.15, -0.1) is 0 Å². The second-order valence-corrected chi connectivity index (χ2v) is 13.7. The standard InChI is InChI=1S/C32H41N7O4/c1-16-8-9-21-18(12-16)13-19(28(41)36-21)14-22(27(33)40)37-29(42)25-24-20(32(24,6)7)15-39(25)30(43)26(31(3,4)5)38-23-10-11-34-17(2)35-23/h8-13,20,22,24-26H,14-15H2,1-7H3,(H2,33,40)(H,36,41)(H,37,42)(H,34,35,38)/t20-,22-,24-,25-,26+/m0/s1. The minimum Gasteiger partial charge on any atom is -0.368 e. The van der Waals surface area contributed by atoms with E-state index >= 15 is 0 Å². The lowest BCUT2D eigenvalue weighted by atomic mass is 9.85. The number of pyridine rings is 1. The maximum absolute atomic E-state index is 14.2. The Balaban J connectivity index is 1.40. The first-order chi connectivity index (χ1) is 20.1. The molecule has 2 aromatic heterocycles. The summed E-state index contributed by atoms with van der Waals surface area (Å²) in [6.45, 7) is 14.2. The van der Waals surface area contributed by atoms with E-state index < -0.39 is 35.4 Å². The fraction of sp³-hybridized carbons (Fsp3) is 0.500. The van der Waals surface area contributed by atoms with Crippen LogP contribution in [0.25, 0.3) is 10.9 Å². The number of primary amides is 1. The number of carbonyl (C=O) groups excluding carboxylic acids is 3. The number of nitrogens with one attached hydrogen (secondary N) is 3. The Labute approximate surface area is 251 Å². The smallest absolute Gasteiger partial charge is 0.251 e. The predicted octanol–water partition coefficient (Wildman–Crippen LogP) is 2.46. The maximum atomic E-state index is 14.2. The summed E-state index contributed by atoms with van der Waals surface area (Å²) in [4.78, 5) is 66.6. The largest absolute Gasteiger partial charge is 0.368 e. The second kappa shape index (κ2) is 10.8. The van der Waals surface area contributed by atoms with Gasteiger partial charge in [0.15, 0.2) is 0 Å². The second-order valence-electron chi connectivity index (χ2n) is 13.7. The van der Waals surface area contributed by atoms with E-state index in [0.717, 1.165) is 10.9 Å². The number of anilines is 1. The van der Waals surface area contributed by atoms with Crippen LogP contribution in [-0.4, -0.2) is 62.2 Å². The van der Waals surface area contributed by atoms with Gasteiger partial charge in [0.2, 0.25) is 17.7 Å². The highest BCUT2D eigenvalue weighted by atomic mass is 16.2. The first-order valence-corrected chi connectivity index (χ1v) is 14.7. The van der Waals surface area contributed by atoms with Gasteiger partial charge in [0.25, 0.3) is 5.56 Å². The molecule has 11 heteroatoms. The van der Waals surface area contributed by atoms with Gasteiger partial charge in [-0.3, -0.25) is 19.2 Å². The number of hydrogen-bond acceptors (Lipinski definition) is 7. The molecule has 3 heterocycles. The van der Waals surface area contributed by atoms with Crippen molar-refractivity contribution in [3.8, 4) is 0 Å². The number of nitrogens with zero attached hydrogens (tertiary/aromatic N) is 3. The number of hydrogen-bond donors (Lipinski definition) is 4. The molecule has 2 fully saturated rings. The third kappa shape index (κ3) is 5.85. The Bertz CT molecular complexity index is 1660. The van der Waals surface area contributed by atoms with Crippen LogP contribution in [0.15, 0.2) is 41.3 Å². The Hall–Kier alpha value is -4.28. The van der Waals surface area contributed by atoms with Crippen LogP contribution in [0, 0.1) is 36.5 Å². The topological polar surface area (TPSA) is 163 Å². The molecule has 5 atom stereocenters. The normalized spacial score (nSPS) is 22.0. The highest BCUT2D eigenvalue weighted by Gasteiger charge is 2.69. The van der Waals surface area contributed by atoms with Gasteiger partial charge >= 0.3 is 0 Å². The van der Waals surface area contributed by atoms with Crippen LogP contribution in [0.3, 0.4) is 0 Å². The van der Waals surface area contributed by atoms with Crippen LogP contribution < -0.4 is 21.9 Å². The molecule has 228 valence electrons.